The fourth-order valence-corrected chi connectivity index (χ4v) is 2.86. The van der Waals surface area contributed by atoms with Gasteiger partial charge in [-0.1, -0.05) is 0 Å². The molecule has 1 aromatic carbocycles. The number of anilines is 1. The zero-order valence-electron chi connectivity index (χ0n) is 15.7. The number of nitrogens with zero attached hydrogens (tertiary/aromatic N) is 3. The van der Waals surface area contributed by atoms with Crippen molar-refractivity contribution in [2.45, 2.75) is 6.92 Å². The smallest absolute Gasteiger partial charge is 0.338 e. The Morgan fingerprint density at radius 2 is 1.89 bits per heavy atom. The summed E-state index contributed by atoms with van der Waals surface area (Å²) in [4.78, 5) is 34.4. The highest BCUT2D eigenvalue weighted by atomic mass is 16.5. The largest absolute Gasteiger partial charge is 0.462 e. The van der Waals surface area contributed by atoms with Gasteiger partial charge in [0.1, 0.15) is 5.84 Å². The van der Waals surface area contributed by atoms with Crippen LogP contribution in [-0.2, 0) is 4.74 Å². The average Bonchev–Trinajstić information content (AvgIpc) is 3.18. The zero-order chi connectivity index (χ0) is 19.8. The number of amides is 2. The summed E-state index contributed by atoms with van der Waals surface area (Å²) in [5.41, 5.74) is 2.08. The second kappa shape index (κ2) is 9.50. The maximum Gasteiger partial charge on any atom is 0.338 e. The minimum Gasteiger partial charge on any atom is -0.462 e. The Bertz CT molecular complexity index is 837. The van der Waals surface area contributed by atoms with Gasteiger partial charge in [-0.25, -0.2) is 9.59 Å². The van der Waals surface area contributed by atoms with Crippen molar-refractivity contribution >= 4 is 23.5 Å². The monoisotopic (exact) mass is 381 g/mol. The van der Waals surface area contributed by atoms with Crippen LogP contribution in [0, 0.1) is 0 Å². The first-order valence-electron chi connectivity index (χ1n) is 9.19. The van der Waals surface area contributed by atoms with Crippen LogP contribution >= 0.6 is 0 Å². The molecule has 1 aliphatic heterocycles. The fourth-order valence-electron chi connectivity index (χ4n) is 2.86. The van der Waals surface area contributed by atoms with E-state index in [1.54, 1.807) is 43.6 Å². The number of carbonyl (C=O) groups is 2. The fraction of sp³-hybridized carbons (Fsp3) is 0.300. The number of aliphatic imine (C=N–C) groups is 1. The van der Waals surface area contributed by atoms with Gasteiger partial charge < -0.3 is 20.3 Å². The van der Waals surface area contributed by atoms with Crippen LogP contribution in [0.15, 0.2) is 53.8 Å². The van der Waals surface area contributed by atoms with E-state index in [0.29, 0.717) is 30.9 Å². The third kappa shape index (κ3) is 5.06. The number of ether oxygens (including phenoxy) is 1. The summed E-state index contributed by atoms with van der Waals surface area (Å²) in [5, 5.41) is 5.59. The van der Waals surface area contributed by atoms with E-state index in [-0.39, 0.29) is 12.0 Å². The zero-order valence-corrected chi connectivity index (χ0v) is 15.7. The number of nitrogens with one attached hydrogen (secondary N) is 2. The molecule has 0 bridgehead atoms. The van der Waals surface area contributed by atoms with Gasteiger partial charge in [0.15, 0.2) is 0 Å². The summed E-state index contributed by atoms with van der Waals surface area (Å²) in [5.74, 6) is 0.551. The molecule has 0 saturated heterocycles. The van der Waals surface area contributed by atoms with Gasteiger partial charge in [-0.15, -0.1) is 0 Å². The molecule has 146 valence electrons. The van der Waals surface area contributed by atoms with Crippen molar-refractivity contribution in [3.8, 4) is 0 Å². The lowest BCUT2D eigenvalue weighted by Gasteiger charge is -2.20. The molecule has 0 radical (unpaired) electrons. The summed E-state index contributed by atoms with van der Waals surface area (Å²) in [6, 6.07) is 10.1. The maximum atomic E-state index is 12.1. The Labute approximate surface area is 163 Å². The number of aromatic nitrogens is 1. The number of hydrogen-bond acceptors (Lipinski definition) is 6. The van der Waals surface area contributed by atoms with Crippen LogP contribution in [0.25, 0.3) is 0 Å². The summed E-state index contributed by atoms with van der Waals surface area (Å²) < 4.78 is 4.93. The van der Waals surface area contributed by atoms with Gasteiger partial charge in [0, 0.05) is 43.3 Å². The van der Waals surface area contributed by atoms with Gasteiger partial charge in [-0.05, 0) is 43.3 Å². The lowest BCUT2D eigenvalue weighted by atomic mass is 10.2. The van der Waals surface area contributed by atoms with Crippen molar-refractivity contribution in [1.82, 2.24) is 15.2 Å². The molecule has 0 saturated carbocycles. The molecule has 0 spiro atoms. The van der Waals surface area contributed by atoms with Crippen molar-refractivity contribution in [2.24, 2.45) is 4.99 Å². The molecular weight excluding hydrogens is 358 g/mol. The van der Waals surface area contributed by atoms with E-state index < -0.39 is 0 Å². The normalized spacial score (nSPS) is 13.0. The molecule has 0 aliphatic carbocycles. The molecule has 8 nitrogen and oxygen atoms in total. The topological polar surface area (TPSA) is 95.9 Å². The number of benzene rings is 1. The number of esters is 1. The molecule has 2 amide bonds. The molecule has 1 aromatic heterocycles. The van der Waals surface area contributed by atoms with Crippen LogP contribution in [0.4, 0.5) is 10.5 Å². The summed E-state index contributed by atoms with van der Waals surface area (Å²) in [7, 11) is 0. The van der Waals surface area contributed by atoms with E-state index in [9.17, 15) is 9.59 Å². The highest BCUT2D eigenvalue weighted by Gasteiger charge is 2.18. The van der Waals surface area contributed by atoms with Crippen LogP contribution in [0.3, 0.4) is 0 Å². The standard InChI is InChI=1S/C20H23N5O3/c1-2-28-19(26)16-3-5-17(6-4-16)24-20(27)23-12-14-25-13-11-22-18(25)15-7-9-21-10-8-15/h3-10H,2,11-14H2,1H3,(H2,23,24,27). The molecule has 0 fully saturated rings. The predicted octanol–water partition coefficient (Wildman–Crippen LogP) is 2.14. The van der Waals surface area contributed by atoms with Crippen molar-refractivity contribution in [1.29, 1.82) is 0 Å². The number of carbonyl (C=O) groups excluding carboxylic acids is 2. The summed E-state index contributed by atoms with van der Waals surface area (Å²) in [6.45, 7) is 4.80. The van der Waals surface area contributed by atoms with Crippen molar-refractivity contribution < 1.29 is 14.3 Å². The lowest BCUT2D eigenvalue weighted by Crippen LogP contribution is -2.38. The number of hydrogen-bond donors (Lipinski definition) is 2. The van der Waals surface area contributed by atoms with Crippen LogP contribution < -0.4 is 10.6 Å². The number of urea groups is 1. The molecule has 2 N–H and O–H groups in total. The Balaban J connectivity index is 1.45. The van der Waals surface area contributed by atoms with E-state index in [0.717, 1.165) is 24.5 Å². The molecule has 2 heterocycles. The minimum atomic E-state index is -0.379. The van der Waals surface area contributed by atoms with E-state index in [4.69, 9.17) is 4.74 Å². The van der Waals surface area contributed by atoms with E-state index in [1.807, 2.05) is 12.1 Å². The van der Waals surface area contributed by atoms with Gasteiger partial charge in [-0.2, -0.15) is 0 Å². The van der Waals surface area contributed by atoms with E-state index >= 15 is 0 Å². The van der Waals surface area contributed by atoms with Gasteiger partial charge in [0.25, 0.3) is 0 Å². The number of pyridine rings is 1. The predicted molar refractivity (Wildman–Crippen MR) is 107 cm³/mol. The first kappa shape index (κ1) is 19.3. The molecule has 3 rings (SSSR count). The Morgan fingerprint density at radius 1 is 1.14 bits per heavy atom. The first-order valence-corrected chi connectivity index (χ1v) is 9.19. The first-order chi connectivity index (χ1) is 13.7. The van der Waals surface area contributed by atoms with Crippen LogP contribution in [0.5, 0.6) is 0 Å². The lowest BCUT2D eigenvalue weighted by molar-refractivity contribution is 0.0526. The molecule has 1 aliphatic rings. The van der Waals surface area contributed by atoms with Crippen LogP contribution in [-0.4, -0.2) is 60.5 Å². The molecule has 2 aromatic rings. The van der Waals surface area contributed by atoms with Crippen molar-refractivity contribution in [3.05, 3.63) is 59.9 Å². The highest BCUT2D eigenvalue weighted by molar-refractivity contribution is 5.99. The maximum absolute atomic E-state index is 12.1. The van der Waals surface area contributed by atoms with E-state index in [1.165, 1.54) is 0 Å². The Kier molecular flexibility index (Phi) is 6.56. The molecule has 0 unspecified atom stereocenters. The third-order valence-corrected chi connectivity index (χ3v) is 4.19. The second-order valence-corrected chi connectivity index (χ2v) is 6.11. The quantitative estimate of drug-likeness (QED) is 0.717. The van der Waals surface area contributed by atoms with Gasteiger partial charge in [0.05, 0.1) is 18.7 Å². The number of rotatable bonds is 7. The van der Waals surface area contributed by atoms with E-state index in [2.05, 4.69) is 25.5 Å². The molecular formula is C20H23N5O3. The van der Waals surface area contributed by atoms with Gasteiger partial charge >= 0.3 is 12.0 Å². The molecule has 8 heteroatoms. The van der Waals surface area contributed by atoms with Crippen LogP contribution in [0.2, 0.25) is 0 Å². The Hall–Kier alpha value is -3.42. The second-order valence-electron chi connectivity index (χ2n) is 6.11. The van der Waals surface area contributed by atoms with Crippen molar-refractivity contribution in [2.75, 3.05) is 38.1 Å². The van der Waals surface area contributed by atoms with Gasteiger partial charge in [-0.3, -0.25) is 9.98 Å². The minimum absolute atomic E-state index is 0.300. The third-order valence-electron chi connectivity index (χ3n) is 4.19. The highest BCUT2D eigenvalue weighted by Crippen LogP contribution is 2.11. The number of amidine groups is 1. The van der Waals surface area contributed by atoms with Crippen molar-refractivity contribution in [3.63, 3.8) is 0 Å². The SMILES string of the molecule is CCOC(=O)c1ccc(NC(=O)NCCN2CCN=C2c2ccncc2)cc1. The summed E-state index contributed by atoms with van der Waals surface area (Å²) in [6.07, 6.45) is 3.49. The molecule has 0 atom stereocenters. The average molecular weight is 381 g/mol. The Morgan fingerprint density at radius 3 is 2.61 bits per heavy atom. The summed E-state index contributed by atoms with van der Waals surface area (Å²) >= 11 is 0. The molecule has 28 heavy (non-hydrogen) atoms. The van der Waals surface area contributed by atoms with Crippen LogP contribution in [0.1, 0.15) is 22.8 Å². The van der Waals surface area contributed by atoms with Gasteiger partial charge in [0.2, 0.25) is 0 Å².